The zero-order valence-corrected chi connectivity index (χ0v) is 9.23. The molecule has 9 heteroatoms. The van der Waals surface area contributed by atoms with E-state index in [-0.39, 0.29) is 6.07 Å². The zero-order valence-electron chi connectivity index (χ0n) is 8.41. The van der Waals surface area contributed by atoms with Gasteiger partial charge >= 0.3 is 11.9 Å². The van der Waals surface area contributed by atoms with Crippen LogP contribution in [-0.2, 0) is 9.84 Å². The van der Waals surface area contributed by atoms with E-state index in [1.165, 1.54) is 0 Å². The summed E-state index contributed by atoms with van der Waals surface area (Å²) >= 11 is 0. The lowest BCUT2D eigenvalue weighted by molar-refractivity contribution is -0.0436. The van der Waals surface area contributed by atoms with Gasteiger partial charge in [0, 0.05) is 5.56 Å². The van der Waals surface area contributed by atoms with Gasteiger partial charge in [-0.05, 0) is 12.1 Å². The molecule has 0 saturated carbocycles. The van der Waals surface area contributed by atoms with Crippen LogP contribution in [0.1, 0.15) is 10.4 Å². The fraction of sp³-hybridized carbons (Fsp3) is 0.222. The number of carbonyl (C=O) groups excluding carboxylic acids is 1. The lowest BCUT2D eigenvalue weighted by Gasteiger charge is -2.08. The van der Waals surface area contributed by atoms with Gasteiger partial charge in [-0.25, -0.2) is 17.2 Å². The largest absolute Gasteiger partial charge is 0.501 e. The number of hydrogen-bond acceptors (Lipinski definition) is 3. The Bertz CT molecular complexity index is 562. The number of alkyl halides is 5. The van der Waals surface area contributed by atoms with Gasteiger partial charge in [-0.2, -0.15) is 13.2 Å². The average molecular weight is 288 g/mol. The van der Waals surface area contributed by atoms with Gasteiger partial charge in [0.1, 0.15) is 0 Å². The smallest absolute Gasteiger partial charge is 0.288 e. The summed E-state index contributed by atoms with van der Waals surface area (Å²) in [6, 6.07) is 2.44. The predicted molar refractivity (Wildman–Crippen MR) is 50.0 cm³/mol. The van der Waals surface area contributed by atoms with E-state index in [0.29, 0.717) is 6.07 Å². The zero-order chi connectivity index (χ0) is 14.1. The molecule has 3 nitrogen and oxygen atoms in total. The van der Waals surface area contributed by atoms with Crippen molar-refractivity contribution < 1.29 is 35.2 Å². The predicted octanol–water partition coefficient (Wildman–Crippen LogP) is 2.43. The van der Waals surface area contributed by atoms with Crippen LogP contribution < -0.4 is 0 Å². The van der Waals surface area contributed by atoms with Crippen molar-refractivity contribution in [1.82, 2.24) is 0 Å². The van der Waals surface area contributed by atoms with Crippen LogP contribution in [0.3, 0.4) is 0 Å². The van der Waals surface area contributed by atoms with E-state index in [4.69, 9.17) is 0 Å². The fourth-order valence-electron chi connectivity index (χ4n) is 1.08. The summed E-state index contributed by atoms with van der Waals surface area (Å²) in [5.74, 6) is -1.74. The first kappa shape index (κ1) is 14.6. The van der Waals surface area contributed by atoms with E-state index in [2.05, 4.69) is 0 Å². The summed E-state index contributed by atoms with van der Waals surface area (Å²) in [5.41, 5.74) is -6.35. The molecule has 1 aromatic rings. The lowest BCUT2D eigenvalue weighted by Crippen LogP contribution is -2.23. The van der Waals surface area contributed by atoms with Crippen LogP contribution in [0, 0.1) is 0 Å². The second-order valence-corrected chi connectivity index (χ2v) is 5.08. The number of benzene rings is 1. The monoisotopic (exact) mass is 288 g/mol. The molecule has 1 rings (SSSR count). The van der Waals surface area contributed by atoms with Gasteiger partial charge in [0.2, 0.25) is 5.78 Å². The van der Waals surface area contributed by atoms with Gasteiger partial charge in [0.05, 0.1) is 4.90 Å². The van der Waals surface area contributed by atoms with Crippen molar-refractivity contribution in [3.05, 3.63) is 29.8 Å². The van der Waals surface area contributed by atoms with Crippen LogP contribution in [0.15, 0.2) is 29.2 Å². The van der Waals surface area contributed by atoms with Crippen LogP contribution >= 0.6 is 0 Å². The molecule has 0 aromatic heterocycles. The topological polar surface area (TPSA) is 51.2 Å². The van der Waals surface area contributed by atoms with E-state index in [1.807, 2.05) is 0 Å². The lowest BCUT2D eigenvalue weighted by atomic mass is 10.1. The highest BCUT2D eigenvalue weighted by Crippen LogP contribution is 2.30. The summed E-state index contributed by atoms with van der Waals surface area (Å²) in [7, 11) is -5.66. The highest BCUT2D eigenvalue weighted by atomic mass is 32.2. The molecule has 0 fully saturated rings. The number of sulfone groups is 1. The maximum absolute atomic E-state index is 12.2. The molecule has 0 aliphatic heterocycles. The van der Waals surface area contributed by atoms with Crippen molar-refractivity contribution in [2.45, 2.75) is 16.8 Å². The van der Waals surface area contributed by atoms with Crippen LogP contribution in [-0.4, -0.2) is 26.1 Å². The maximum atomic E-state index is 12.2. The van der Waals surface area contributed by atoms with Crippen LogP contribution in [0.2, 0.25) is 0 Å². The average Bonchev–Trinajstić information content (AvgIpc) is 2.26. The van der Waals surface area contributed by atoms with Crippen molar-refractivity contribution in [3.8, 4) is 0 Å². The van der Waals surface area contributed by atoms with Crippen LogP contribution in [0.5, 0.6) is 0 Å². The fourth-order valence-corrected chi connectivity index (χ4v) is 1.88. The Hall–Kier alpha value is -1.51. The first-order chi connectivity index (χ1) is 8.07. The molecule has 0 unspecified atom stereocenters. The van der Waals surface area contributed by atoms with E-state index >= 15 is 0 Å². The van der Waals surface area contributed by atoms with Gasteiger partial charge in [-0.1, -0.05) is 12.1 Å². The first-order valence-corrected chi connectivity index (χ1v) is 5.79. The number of ketones is 1. The highest BCUT2D eigenvalue weighted by Gasteiger charge is 2.47. The molecule has 100 valence electrons. The molecular formula is C9H5F5O3S. The number of carbonyl (C=O) groups is 1. The van der Waals surface area contributed by atoms with E-state index in [0.717, 1.165) is 12.1 Å². The van der Waals surface area contributed by atoms with Gasteiger partial charge in [0.25, 0.3) is 9.84 Å². The Morgan fingerprint density at radius 1 is 1.17 bits per heavy atom. The summed E-state index contributed by atoms with van der Waals surface area (Å²) in [5, 5.41) is 0. The Balaban J connectivity index is 3.31. The second kappa shape index (κ2) is 4.63. The molecule has 0 heterocycles. The van der Waals surface area contributed by atoms with Crippen molar-refractivity contribution in [3.63, 3.8) is 0 Å². The molecular weight excluding hydrogens is 283 g/mol. The molecule has 18 heavy (non-hydrogen) atoms. The van der Waals surface area contributed by atoms with Gasteiger partial charge in [-0.3, -0.25) is 4.79 Å². The molecule has 0 amide bonds. The molecule has 0 radical (unpaired) electrons. The number of hydrogen-bond donors (Lipinski definition) is 0. The van der Waals surface area contributed by atoms with Crippen molar-refractivity contribution in [1.29, 1.82) is 0 Å². The van der Waals surface area contributed by atoms with Gasteiger partial charge in [-0.15, -0.1) is 0 Å². The minimum atomic E-state index is -5.66. The number of Topliss-reactive ketones (excluding diaryl/α,β-unsaturated/α-hetero) is 1. The standard InChI is InChI=1S/C9H5F5O3S/c10-8(11)7(15)5-2-1-3-6(4-5)18(16,17)9(12,13)14/h1-4,8H. The second-order valence-electron chi connectivity index (χ2n) is 3.14. The Labute approximate surface area is 98.1 Å². The third kappa shape index (κ3) is 2.66. The minimum absolute atomic E-state index is 0.275. The van der Waals surface area contributed by atoms with Crippen molar-refractivity contribution >= 4 is 15.6 Å². The minimum Gasteiger partial charge on any atom is -0.288 e. The Morgan fingerprint density at radius 2 is 1.72 bits per heavy atom. The number of halogens is 5. The third-order valence-electron chi connectivity index (χ3n) is 1.93. The quantitative estimate of drug-likeness (QED) is 0.634. The third-order valence-corrected chi connectivity index (χ3v) is 3.42. The normalized spacial score (nSPS) is 12.8. The Morgan fingerprint density at radius 3 is 2.17 bits per heavy atom. The van der Waals surface area contributed by atoms with E-state index < -0.39 is 38.0 Å². The first-order valence-electron chi connectivity index (χ1n) is 4.31. The summed E-state index contributed by atoms with van der Waals surface area (Å²) in [6.45, 7) is 0. The SMILES string of the molecule is O=C(c1cccc(S(=O)(=O)C(F)(F)F)c1)C(F)F. The molecule has 0 aliphatic rings. The van der Waals surface area contributed by atoms with Crippen molar-refractivity contribution in [2.75, 3.05) is 0 Å². The van der Waals surface area contributed by atoms with E-state index in [9.17, 15) is 35.2 Å². The van der Waals surface area contributed by atoms with Gasteiger partial charge in [0.15, 0.2) is 0 Å². The summed E-state index contributed by atoms with van der Waals surface area (Å²) in [4.78, 5) is 9.60. The van der Waals surface area contributed by atoms with E-state index in [1.54, 1.807) is 0 Å². The molecule has 0 bridgehead atoms. The molecule has 0 N–H and O–H groups in total. The van der Waals surface area contributed by atoms with Gasteiger partial charge < -0.3 is 0 Å². The maximum Gasteiger partial charge on any atom is 0.501 e. The molecule has 0 atom stereocenters. The summed E-state index contributed by atoms with van der Waals surface area (Å²) in [6.07, 6.45) is -3.42. The van der Waals surface area contributed by atoms with Crippen molar-refractivity contribution in [2.24, 2.45) is 0 Å². The molecule has 0 saturated heterocycles. The summed E-state index contributed by atoms with van der Waals surface area (Å²) < 4.78 is 82.6. The molecule has 0 aliphatic carbocycles. The van der Waals surface area contributed by atoms with Crippen LogP contribution in [0.25, 0.3) is 0 Å². The highest BCUT2D eigenvalue weighted by molar-refractivity contribution is 7.92. The number of rotatable bonds is 3. The molecule has 0 spiro atoms. The molecule has 1 aromatic carbocycles. The Kier molecular flexibility index (Phi) is 3.75. The van der Waals surface area contributed by atoms with Crippen LogP contribution in [0.4, 0.5) is 22.0 Å².